The van der Waals surface area contributed by atoms with Gasteiger partial charge in [0.25, 0.3) is 0 Å². The molecule has 0 bridgehead atoms. The normalized spacial score (nSPS) is 12.3. The molecule has 114 valence electrons. The highest BCUT2D eigenvalue weighted by molar-refractivity contribution is 7.91. The van der Waals surface area contributed by atoms with E-state index in [1.54, 1.807) is 6.07 Å². The van der Waals surface area contributed by atoms with Crippen LogP contribution in [0.2, 0.25) is 0 Å². The largest absolute Gasteiger partial charge is 0.468 e. The molecule has 8 nitrogen and oxygen atoms in total. The van der Waals surface area contributed by atoms with E-state index in [-0.39, 0.29) is 10.8 Å². The van der Waals surface area contributed by atoms with Gasteiger partial charge in [0, 0.05) is 11.4 Å². The maximum Gasteiger partial charge on any atom is 0.322 e. The van der Waals surface area contributed by atoms with E-state index in [4.69, 9.17) is 5.14 Å². The number of hydrogen-bond donors (Lipinski definition) is 2. The van der Waals surface area contributed by atoms with Crippen molar-refractivity contribution >= 4 is 37.4 Å². The number of nitrogens with one attached hydrogen (secondary N) is 1. The Labute approximate surface area is 121 Å². The van der Waals surface area contributed by atoms with Crippen molar-refractivity contribution in [1.29, 1.82) is 0 Å². The van der Waals surface area contributed by atoms with Crippen molar-refractivity contribution in [3.63, 3.8) is 0 Å². The van der Waals surface area contributed by atoms with Crippen LogP contribution in [0, 0.1) is 0 Å². The highest BCUT2D eigenvalue weighted by atomic mass is 32.2. The summed E-state index contributed by atoms with van der Waals surface area (Å²) >= 11 is 0.969. The van der Waals surface area contributed by atoms with Crippen LogP contribution < -0.4 is 9.86 Å². The summed E-state index contributed by atoms with van der Waals surface area (Å²) in [5, 5.41) is 4.96. The van der Waals surface area contributed by atoms with Gasteiger partial charge in [-0.3, -0.25) is 4.79 Å². The molecule has 0 saturated heterocycles. The molecule has 0 aliphatic carbocycles. The Hall–Kier alpha value is -1.01. The molecular weight excluding hydrogens is 328 g/mol. The molecule has 0 radical (unpaired) electrons. The van der Waals surface area contributed by atoms with Crippen LogP contribution in [0.4, 0.5) is 0 Å². The van der Waals surface area contributed by atoms with Gasteiger partial charge >= 0.3 is 5.97 Å². The Balaban J connectivity index is 2.53. The summed E-state index contributed by atoms with van der Waals surface area (Å²) in [4.78, 5) is 11.5. The second kappa shape index (κ2) is 6.63. The minimum absolute atomic E-state index is 0.0184. The predicted molar refractivity (Wildman–Crippen MR) is 73.2 cm³/mol. The first-order valence-electron chi connectivity index (χ1n) is 5.30. The van der Waals surface area contributed by atoms with E-state index < -0.39 is 31.8 Å². The summed E-state index contributed by atoms with van der Waals surface area (Å²) < 4.78 is 51.5. The summed E-state index contributed by atoms with van der Waals surface area (Å²) in [7, 11) is -6.39. The first kappa shape index (κ1) is 17.0. The number of rotatable bonds is 7. The van der Waals surface area contributed by atoms with E-state index >= 15 is 0 Å². The summed E-state index contributed by atoms with van der Waals surface area (Å²) in [6.07, 6.45) is 0.292. The van der Waals surface area contributed by atoms with Crippen LogP contribution in [-0.4, -0.2) is 42.2 Å². The fraction of sp³-hybridized carbons (Fsp3) is 0.444. The average molecular weight is 342 g/mol. The van der Waals surface area contributed by atoms with Crippen LogP contribution in [0.3, 0.4) is 0 Å². The second-order valence-corrected chi connectivity index (χ2v) is 8.51. The summed E-state index contributed by atoms with van der Waals surface area (Å²) in [6.45, 7) is 0.0455. The smallest absolute Gasteiger partial charge is 0.322 e. The van der Waals surface area contributed by atoms with Crippen molar-refractivity contribution in [2.75, 3.05) is 19.4 Å². The Morgan fingerprint density at radius 1 is 1.35 bits per heavy atom. The maximum atomic E-state index is 11.4. The number of thiophene rings is 1. The molecule has 20 heavy (non-hydrogen) atoms. The van der Waals surface area contributed by atoms with Gasteiger partial charge in [0.2, 0.25) is 20.0 Å². The number of carbonyl (C=O) groups excluding carboxylic acids is 1. The Kier molecular flexibility index (Phi) is 5.65. The number of esters is 1. The number of sulfonamides is 2. The van der Waals surface area contributed by atoms with Gasteiger partial charge in [-0.2, -0.15) is 0 Å². The minimum atomic E-state index is -3.75. The van der Waals surface area contributed by atoms with Crippen molar-refractivity contribution < 1.29 is 26.4 Å². The highest BCUT2D eigenvalue weighted by Gasteiger charge is 2.16. The fourth-order valence-corrected chi connectivity index (χ4v) is 3.96. The molecule has 1 heterocycles. The Bertz CT molecular complexity index is 676. The van der Waals surface area contributed by atoms with E-state index in [0.717, 1.165) is 18.4 Å². The Morgan fingerprint density at radius 3 is 2.50 bits per heavy atom. The zero-order chi connectivity index (χ0) is 15.4. The van der Waals surface area contributed by atoms with Crippen LogP contribution in [0.15, 0.2) is 16.3 Å². The van der Waals surface area contributed by atoms with Gasteiger partial charge in [-0.25, -0.2) is 26.7 Å². The van der Waals surface area contributed by atoms with Gasteiger partial charge in [-0.1, -0.05) is 0 Å². The van der Waals surface area contributed by atoms with Gasteiger partial charge in [0.1, 0.15) is 4.21 Å². The number of hydrogen-bond acceptors (Lipinski definition) is 7. The topological polar surface area (TPSA) is 133 Å². The van der Waals surface area contributed by atoms with E-state index in [9.17, 15) is 21.6 Å². The SMILES string of the molecule is COC(=O)CS(=O)(=O)NCCc1ccc(S(N)(=O)=O)s1. The Morgan fingerprint density at radius 2 is 2.00 bits per heavy atom. The van der Waals surface area contributed by atoms with E-state index in [1.807, 2.05) is 0 Å². The van der Waals surface area contributed by atoms with Crippen LogP contribution >= 0.6 is 11.3 Å². The average Bonchev–Trinajstić information content (AvgIpc) is 2.76. The van der Waals surface area contributed by atoms with Crippen LogP contribution in [0.25, 0.3) is 0 Å². The molecule has 0 saturated carbocycles. The molecule has 0 aliphatic heterocycles. The first-order valence-corrected chi connectivity index (χ1v) is 9.31. The highest BCUT2D eigenvalue weighted by Crippen LogP contribution is 2.20. The molecular formula is C9H14N2O6S3. The third kappa shape index (κ3) is 5.54. The first-order chi connectivity index (χ1) is 9.14. The second-order valence-electron chi connectivity index (χ2n) is 3.75. The van der Waals surface area contributed by atoms with E-state index in [1.165, 1.54) is 6.07 Å². The lowest BCUT2D eigenvalue weighted by molar-refractivity contribution is -0.137. The maximum absolute atomic E-state index is 11.4. The number of methoxy groups -OCH3 is 1. The molecule has 1 aromatic rings. The number of nitrogens with two attached hydrogens (primary N) is 1. The van der Waals surface area contributed by atoms with E-state index in [2.05, 4.69) is 9.46 Å². The summed E-state index contributed by atoms with van der Waals surface area (Å²) in [6, 6.07) is 2.91. The third-order valence-electron chi connectivity index (χ3n) is 2.15. The molecule has 11 heteroatoms. The lowest BCUT2D eigenvalue weighted by Crippen LogP contribution is -2.31. The zero-order valence-electron chi connectivity index (χ0n) is 10.5. The van der Waals surface area contributed by atoms with Gasteiger partial charge in [0.15, 0.2) is 5.75 Å². The van der Waals surface area contributed by atoms with Crippen molar-refractivity contribution in [3.8, 4) is 0 Å². The van der Waals surface area contributed by atoms with Crippen LogP contribution in [0.1, 0.15) is 4.88 Å². The predicted octanol–water partition coefficient (Wildman–Crippen LogP) is -0.970. The van der Waals surface area contributed by atoms with Crippen molar-refractivity contribution in [2.24, 2.45) is 5.14 Å². The summed E-state index contributed by atoms with van der Waals surface area (Å²) in [5.74, 6) is -1.61. The van der Waals surface area contributed by atoms with Crippen LogP contribution in [0.5, 0.6) is 0 Å². The monoisotopic (exact) mass is 342 g/mol. The van der Waals surface area contributed by atoms with Gasteiger partial charge < -0.3 is 4.74 Å². The van der Waals surface area contributed by atoms with Crippen LogP contribution in [-0.2, 0) is 36.0 Å². The third-order valence-corrected chi connectivity index (χ3v) is 5.99. The summed E-state index contributed by atoms with van der Waals surface area (Å²) in [5.41, 5.74) is 0. The van der Waals surface area contributed by atoms with Crippen molar-refractivity contribution in [1.82, 2.24) is 4.72 Å². The molecule has 3 N–H and O–H groups in total. The quantitative estimate of drug-likeness (QED) is 0.613. The molecule has 0 unspecified atom stereocenters. The molecule has 0 aliphatic rings. The number of ether oxygens (including phenoxy) is 1. The lowest BCUT2D eigenvalue weighted by atomic mass is 10.3. The fourth-order valence-electron chi connectivity index (χ4n) is 1.24. The molecule has 1 rings (SSSR count). The lowest BCUT2D eigenvalue weighted by Gasteiger charge is -2.04. The molecule has 0 aromatic carbocycles. The van der Waals surface area contributed by atoms with Gasteiger partial charge in [-0.05, 0) is 18.6 Å². The number of carbonyl (C=O) groups is 1. The number of primary sulfonamides is 1. The van der Waals surface area contributed by atoms with Gasteiger partial charge in [-0.15, -0.1) is 11.3 Å². The molecule has 0 fully saturated rings. The van der Waals surface area contributed by atoms with Crippen molar-refractivity contribution in [3.05, 3.63) is 17.0 Å². The molecule has 0 atom stereocenters. The zero-order valence-corrected chi connectivity index (χ0v) is 13.0. The van der Waals surface area contributed by atoms with E-state index in [0.29, 0.717) is 11.3 Å². The minimum Gasteiger partial charge on any atom is -0.468 e. The molecule has 0 spiro atoms. The van der Waals surface area contributed by atoms with Gasteiger partial charge in [0.05, 0.1) is 7.11 Å². The molecule has 1 aromatic heterocycles. The van der Waals surface area contributed by atoms with Crippen molar-refractivity contribution in [2.45, 2.75) is 10.6 Å². The standard InChI is InChI=1S/C9H14N2O6S3/c1-17-8(12)6-19(13,14)11-5-4-7-2-3-9(18-7)20(10,15)16/h2-3,11H,4-6H2,1H3,(H2,10,15,16). The molecule has 0 amide bonds.